The molecule has 2 N–H and O–H groups in total. The van der Waals surface area contributed by atoms with Crippen LogP contribution >= 0.6 is 0 Å². The molecule has 2 aliphatic rings. The molecular weight excluding hydrogens is 262 g/mol. The van der Waals surface area contributed by atoms with E-state index in [1.807, 2.05) is 0 Å². The second-order valence-electron chi connectivity index (χ2n) is 6.59. The van der Waals surface area contributed by atoms with Crippen molar-refractivity contribution in [2.75, 3.05) is 46.3 Å². The Morgan fingerprint density at radius 2 is 2.05 bits per heavy atom. The molecule has 1 aromatic carbocycles. The number of nitrogens with zero attached hydrogens (tertiary/aromatic N) is 2. The molecule has 4 nitrogen and oxygen atoms in total. The largest absolute Gasteiger partial charge is 0.384 e. The Hall–Kier alpha value is -0.940. The maximum Gasteiger partial charge on any atom is 0.102 e. The van der Waals surface area contributed by atoms with Gasteiger partial charge in [0.2, 0.25) is 0 Å². The molecule has 0 aliphatic carbocycles. The van der Waals surface area contributed by atoms with Crippen molar-refractivity contribution in [1.82, 2.24) is 15.1 Å². The van der Waals surface area contributed by atoms with E-state index >= 15 is 0 Å². The highest BCUT2D eigenvalue weighted by atomic mass is 16.3. The van der Waals surface area contributed by atoms with Crippen molar-refractivity contribution < 1.29 is 5.11 Å². The van der Waals surface area contributed by atoms with Gasteiger partial charge in [-0.15, -0.1) is 0 Å². The lowest BCUT2D eigenvalue weighted by Gasteiger charge is -2.34. The minimum atomic E-state index is -0.684. The topological polar surface area (TPSA) is 38.7 Å². The fourth-order valence-corrected chi connectivity index (χ4v) is 3.36. The molecule has 0 bridgehead atoms. The van der Waals surface area contributed by atoms with Crippen LogP contribution in [0.5, 0.6) is 0 Å². The quantitative estimate of drug-likeness (QED) is 0.871. The van der Waals surface area contributed by atoms with Crippen LogP contribution in [0.3, 0.4) is 0 Å². The van der Waals surface area contributed by atoms with Gasteiger partial charge in [0, 0.05) is 39.3 Å². The summed E-state index contributed by atoms with van der Waals surface area (Å²) in [6.45, 7) is 7.24. The van der Waals surface area contributed by atoms with Crippen LogP contribution in [-0.4, -0.2) is 61.2 Å². The molecular formula is C17H27N3O. The molecule has 0 radical (unpaired) electrons. The van der Waals surface area contributed by atoms with E-state index in [1.54, 1.807) is 0 Å². The molecule has 21 heavy (non-hydrogen) atoms. The molecule has 4 heteroatoms. The molecule has 2 heterocycles. The van der Waals surface area contributed by atoms with Gasteiger partial charge in [-0.3, -0.25) is 4.90 Å². The lowest BCUT2D eigenvalue weighted by molar-refractivity contribution is 0.0122. The first-order chi connectivity index (χ1) is 10.2. The number of nitrogens with one attached hydrogen (secondary N) is 1. The van der Waals surface area contributed by atoms with Gasteiger partial charge in [-0.25, -0.2) is 0 Å². The minimum Gasteiger partial charge on any atom is -0.384 e. The van der Waals surface area contributed by atoms with Crippen molar-refractivity contribution >= 4 is 0 Å². The molecule has 2 aliphatic heterocycles. The summed E-state index contributed by atoms with van der Waals surface area (Å²) >= 11 is 0. The van der Waals surface area contributed by atoms with E-state index in [9.17, 15) is 5.11 Å². The number of aliphatic hydroxyl groups is 1. The van der Waals surface area contributed by atoms with E-state index in [0.29, 0.717) is 6.54 Å². The highest BCUT2D eigenvalue weighted by Crippen LogP contribution is 2.29. The van der Waals surface area contributed by atoms with Crippen LogP contribution in [-0.2, 0) is 12.1 Å². The summed E-state index contributed by atoms with van der Waals surface area (Å²) in [4.78, 5) is 4.88. The first kappa shape index (κ1) is 15.0. The van der Waals surface area contributed by atoms with Gasteiger partial charge in [-0.1, -0.05) is 24.3 Å². The maximum atomic E-state index is 10.8. The number of likely N-dealkylation sites (N-methyl/N-ethyl adjacent to an activating group) is 1. The van der Waals surface area contributed by atoms with Crippen LogP contribution in [0.2, 0.25) is 0 Å². The highest BCUT2D eigenvalue weighted by Gasteiger charge is 2.31. The van der Waals surface area contributed by atoms with Gasteiger partial charge in [0.05, 0.1) is 0 Å². The van der Waals surface area contributed by atoms with Crippen molar-refractivity contribution in [2.24, 2.45) is 0 Å². The van der Waals surface area contributed by atoms with Gasteiger partial charge in [-0.2, -0.15) is 0 Å². The van der Waals surface area contributed by atoms with Gasteiger partial charge in [0.15, 0.2) is 0 Å². The third kappa shape index (κ3) is 3.64. The van der Waals surface area contributed by atoms with E-state index in [1.165, 1.54) is 5.56 Å². The van der Waals surface area contributed by atoms with Gasteiger partial charge < -0.3 is 15.3 Å². The number of hydrogen-bond donors (Lipinski definition) is 2. The van der Waals surface area contributed by atoms with Gasteiger partial charge in [0.25, 0.3) is 0 Å². The Bertz CT molecular complexity index is 463. The highest BCUT2D eigenvalue weighted by molar-refractivity contribution is 5.29. The number of piperidine rings is 1. The molecule has 0 saturated carbocycles. The van der Waals surface area contributed by atoms with Gasteiger partial charge >= 0.3 is 0 Å². The summed E-state index contributed by atoms with van der Waals surface area (Å²) < 4.78 is 0. The van der Waals surface area contributed by atoms with E-state index in [-0.39, 0.29) is 0 Å². The van der Waals surface area contributed by atoms with Crippen molar-refractivity contribution in [1.29, 1.82) is 0 Å². The van der Waals surface area contributed by atoms with Crippen LogP contribution in [0.1, 0.15) is 24.0 Å². The first-order valence-electron chi connectivity index (χ1n) is 8.09. The second-order valence-corrected chi connectivity index (χ2v) is 6.59. The van der Waals surface area contributed by atoms with Crippen LogP contribution < -0.4 is 5.32 Å². The normalized spacial score (nSPS) is 28.7. The zero-order valence-electron chi connectivity index (χ0n) is 13.0. The number of piperazine rings is 1. The van der Waals surface area contributed by atoms with Crippen LogP contribution in [0.4, 0.5) is 0 Å². The monoisotopic (exact) mass is 289 g/mol. The Labute approximate surface area is 127 Å². The molecule has 0 aromatic heterocycles. The van der Waals surface area contributed by atoms with Crippen LogP contribution in [0.15, 0.2) is 24.3 Å². The van der Waals surface area contributed by atoms with E-state index in [4.69, 9.17) is 0 Å². The zero-order chi connectivity index (χ0) is 14.7. The molecule has 116 valence electrons. The van der Waals surface area contributed by atoms with E-state index in [2.05, 4.69) is 46.4 Å². The average Bonchev–Trinajstić information content (AvgIpc) is 2.51. The fraction of sp³-hybridized carbons (Fsp3) is 0.647. The lowest BCUT2D eigenvalue weighted by Crippen LogP contribution is -2.44. The van der Waals surface area contributed by atoms with Crippen molar-refractivity contribution in [3.8, 4) is 0 Å². The Kier molecular flexibility index (Phi) is 4.60. The number of rotatable bonds is 3. The zero-order valence-corrected chi connectivity index (χ0v) is 13.0. The van der Waals surface area contributed by atoms with Crippen LogP contribution in [0.25, 0.3) is 0 Å². The summed E-state index contributed by atoms with van der Waals surface area (Å²) in [5.41, 5.74) is 1.70. The molecule has 2 saturated heterocycles. The van der Waals surface area contributed by atoms with Crippen molar-refractivity contribution in [3.05, 3.63) is 35.4 Å². The predicted molar refractivity (Wildman–Crippen MR) is 85.2 cm³/mol. The lowest BCUT2D eigenvalue weighted by atomic mass is 9.86. The third-order valence-corrected chi connectivity index (χ3v) is 4.83. The fourth-order valence-electron chi connectivity index (χ4n) is 3.36. The van der Waals surface area contributed by atoms with Crippen molar-refractivity contribution in [3.63, 3.8) is 0 Å². The summed E-state index contributed by atoms with van der Waals surface area (Å²) in [6, 6.07) is 8.54. The van der Waals surface area contributed by atoms with Gasteiger partial charge in [0.1, 0.15) is 5.60 Å². The van der Waals surface area contributed by atoms with E-state index < -0.39 is 5.60 Å². The third-order valence-electron chi connectivity index (χ3n) is 4.83. The molecule has 2 fully saturated rings. The summed E-state index contributed by atoms with van der Waals surface area (Å²) in [5, 5.41) is 14.1. The van der Waals surface area contributed by atoms with E-state index in [0.717, 1.165) is 57.7 Å². The second kappa shape index (κ2) is 6.44. The van der Waals surface area contributed by atoms with Crippen molar-refractivity contribution in [2.45, 2.75) is 25.0 Å². The minimum absolute atomic E-state index is 0.672. The Balaban J connectivity index is 1.68. The number of benzene rings is 1. The van der Waals surface area contributed by atoms with Gasteiger partial charge in [-0.05, 0) is 37.6 Å². The molecule has 1 atom stereocenters. The smallest absolute Gasteiger partial charge is 0.102 e. The number of β-amino-alcohol motifs (C(OH)–C–C–N with tert-alkyl or cyclic N) is 1. The first-order valence-corrected chi connectivity index (χ1v) is 8.09. The molecule has 3 rings (SSSR count). The molecule has 1 aromatic rings. The maximum absolute atomic E-state index is 10.8. The number of hydrogen-bond acceptors (Lipinski definition) is 4. The Morgan fingerprint density at radius 3 is 2.76 bits per heavy atom. The molecule has 0 amide bonds. The Morgan fingerprint density at radius 1 is 1.24 bits per heavy atom. The summed E-state index contributed by atoms with van der Waals surface area (Å²) in [7, 11) is 2.18. The molecule has 1 unspecified atom stereocenters. The summed E-state index contributed by atoms with van der Waals surface area (Å²) in [6.07, 6.45) is 1.90. The molecule has 0 spiro atoms. The average molecular weight is 289 g/mol. The predicted octanol–water partition coefficient (Wildman–Crippen LogP) is 1.00. The van der Waals surface area contributed by atoms with Crippen LogP contribution in [0, 0.1) is 0 Å². The standard InChI is InChI=1S/C17H27N3O/c1-19-8-10-20(11-9-19)13-15-4-2-5-16(12-15)17(21)6-3-7-18-14-17/h2,4-5,12,18,21H,3,6-11,13-14H2,1H3. The summed E-state index contributed by atoms with van der Waals surface area (Å²) in [5.74, 6) is 0. The SMILES string of the molecule is CN1CCN(Cc2cccc(C3(O)CCCNC3)c2)CC1.